The van der Waals surface area contributed by atoms with Crippen molar-refractivity contribution in [3.05, 3.63) is 53.6 Å². The standard InChI is InChI=1S/C24H31F2N3O2/c1-30-19-14-18(16-29-21(19)22(25)26)15-27-12-9-23(20-6-2-5-11-28-20)10-13-31-24(17-23)7-3-4-8-24/h2,5-6,11,14,16,22,27H,3-4,7-10,12-13,15,17H2,1H3/t23-/m1/s1. The minimum Gasteiger partial charge on any atom is -0.495 e. The molecule has 2 fully saturated rings. The van der Waals surface area contributed by atoms with E-state index in [1.54, 1.807) is 6.07 Å². The molecule has 1 saturated heterocycles. The van der Waals surface area contributed by atoms with Gasteiger partial charge in [-0.05, 0) is 62.4 Å². The van der Waals surface area contributed by atoms with Crippen molar-refractivity contribution in [3.8, 4) is 5.75 Å². The van der Waals surface area contributed by atoms with Crippen LogP contribution >= 0.6 is 0 Å². The Hall–Kier alpha value is -2.12. The molecule has 168 valence electrons. The Labute approximate surface area is 182 Å². The van der Waals surface area contributed by atoms with Crippen molar-refractivity contribution in [3.63, 3.8) is 0 Å². The van der Waals surface area contributed by atoms with Crippen LogP contribution < -0.4 is 10.1 Å². The molecule has 3 heterocycles. The van der Waals surface area contributed by atoms with Gasteiger partial charge in [-0.2, -0.15) is 0 Å². The van der Waals surface area contributed by atoms with Crippen LogP contribution in [0.4, 0.5) is 8.78 Å². The Morgan fingerprint density at radius 2 is 2.03 bits per heavy atom. The first-order valence-corrected chi connectivity index (χ1v) is 11.1. The van der Waals surface area contributed by atoms with Crippen molar-refractivity contribution in [2.24, 2.45) is 0 Å². The zero-order valence-electron chi connectivity index (χ0n) is 18.1. The van der Waals surface area contributed by atoms with Gasteiger partial charge in [0.25, 0.3) is 6.43 Å². The first kappa shape index (κ1) is 22.1. The van der Waals surface area contributed by atoms with Gasteiger partial charge in [0.1, 0.15) is 11.4 Å². The molecule has 1 atom stereocenters. The van der Waals surface area contributed by atoms with Crippen LogP contribution in [0.1, 0.15) is 68.3 Å². The molecule has 1 N–H and O–H groups in total. The van der Waals surface area contributed by atoms with Gasteiger partial charge in [0.05, 0.1) is 12.7 Å². The number of nitrogens with one attached hydrogen (secondary N) is 1. The highest BCUT2D eigenvalue weighted by molar-refractivity contribution is 5.32. The molecular formula is C24H31F2N3O2. The molecule has 5 nitrogen and oxygen atoms in total. The number of pyridine rings is 2. The van der Waals surface area contributed by atoms with Gasteiger partial charge in [-0.25, -0.2) is 8.78 Å². The van der Waals surface area contributed by atoms with Crippen molar-refractivity contribution in [1.29, 1.82) is 0 Å². The lowest BCUT2D eigenvalue weighted by Gasteiger charge is -2.46. The van der Waals surface area contributed by atoms with Gasteiger partial charge in [-0.1, -0.05) is 18.9 Å². The Bertz CT molecular complexity index is 859. The van der Waals surface area contributed by atoms with Gasteiger partial charge in [-0.15, -0.1) is 0 Å². The fourth-order valence-electron chi connectivity index (χ4n) is 5.28. The van der Waals surface area contributed by atoms with E-state index in [0.717, 1.165) is 56.5 Å². The quantitative estimate of drug-likeness (QED) is 0.599. The maximum atomic E-state index is 13.0. The summed E-state index contributed by atoms with van der Waals surface area (Å²) >= 11 is 0. The lowest BCUT2D eigenvalue weighted by atomic mass is 9.68. The molecule has 0 unspecified atom stereocenters. The summed E-state index contributed by atoms with van der Waals surface area (Å²) in [4.78, 5) is 8.62. The molecule has 1 saturated carbocycles. The van der Waals surface area contributed by atoms with E-state index in [2.05, 4.69) is 22.4 Å². The summed E-state index contributed by atoms with van der Waals surface area (Å²) in [5.74, 6) is 0.131. The topological polar surface area (TPSA) is 56.3 Å². The van der Waals surface area contributed by atoms with Crippen LogP contribution in [0.2, 0.25) is 0 Å². The summed E-state index contributed by atoms with van der Waals surface area (Å²) in [6.45, 7) is 2.12. The van der Waals surface area contributed by atoms with E-state index in [0.29, 0.717) is 6.54 Å². The van der Waals surface area contributed by atoms with E-state index >= 15 is 0 Å². The maximum absolute atomic E-state index is 13.0. The molecule has 7 heteroatoms. The second kappa shape index (κ2) is 9.57. The number of hydrogen-bond donors (Lipinski definition) is 1. The van der Waals surface area contributed by atoms with E-state index < -0.39 is 6.43 Å². The molecule has 1 spiro atoms. The van der Waals surface area contributed by atoms with Crippen molar-refractivity contribution in [2.75, 3.05) is 20.3 Å². The summed E-state index contributed by atoms with van der Waals surface area (Å²) in [5, 5.41) is 3.47. The fourth-order valence-corrected chi connectivity index (χ4v) is 5.28. The van der Waals surface area contributed by atoms with Crippen molar-refractivity contribution in [2.45, 2.75) is 68.9 Å². The Morgan fingerprint density at radius 1 is 1.19 bits per heavy atom. The largest absolute Gasteiger partial charge is 0.495 e. The molecule has 4 rings (SSSR count). The van der Waals surface area contributed by atoms with E-state index in [4.69, 9.17) is 14.5 Å². The number of aromatic nitrogens is 2. The van der Waals surface area contributed by atoms with Crippen LogP contribution in [-0.4, -0.2) is 35.8 Å². The monoisotopic (exact) mass is 431 g/mol. The molecule has 2 aromatic heterocycles. The molecule has 0 aromatic carbocycles. The molecule has 1 aliphatic heterocycles. The second-order valence-corrected chi connectivity index (χ2v) is 8.82. The van der Waals surface area contributed by atoms with Crippen LogP contribution in [0.25, 0.3) is 0 Å². The van der Waals surface area contributed by atoms with E-state index in [-0.39, 0.29) is 22.5 Å². The summed E-state index contributed by atoms with van der Waals surface area (Å²) in [5.41, 5.74) is 1.65. The van der Waals surface area contributed by atoms with Crippen LogP contribution in [-0.2, 0) is 16.7 Å². The number of halogens is 2. The Morgan fingerprint density at radius 3 is 2.74 bits per heavy atom. The number of nitrogens with zero attached hydrogens (tertiary/aromatic N) is 2. The van der Waals surface area contributed by atoms with Crippen molar-refractivity contribution in [1.82, 2.24) is 15.3 Å². The van der Waals surface area contributed by atoms with Crippen LogP contribution in [0.5, 0.6) is 5.75 Å². The van der Waals surface area contributed by atoms with Crippen molar-refractivity contribution >= 4 is 0 Å². The van der Waals surface area contributed by atoms with E-state index in [1.165, 1.54) is 26.1 Å². The van der Waals surface area contributed by atoms with Gasteiger partial charge >= 0.3 is 0 Å². The highest BCUT2D eigenvalue weighted by atomic mass is 19.3. The van der Waals surface area contributed by atoms with Crippen LogP contribution in [0.3, 0.4) is 0 Å². The minimum atomic E-state index is -2.65. The normalized spacial score (nSPS) is 22.8. The smallest absolute Gasteiger partial charge is 0.284 e. The third-order valence-electron chi connectivity index (χ3n) is 6.85. The van der Waals surface area contributed by atoms with Gasteiger partial charge in [-0.3, -0.25) is 9.97 Å². The van der Waals surface area contributed by atoms with Gasteiger partial charge < -0.3 is 14.8 Å². The molecule has 2 aromatic rings. The zero-order valence-corrected chi connectivity index (χ0v) is 18.1. The molecule has 0 radical (unpaired) electrons. The summed E-state index contributed by atoms with van der Waals surface area (Å²) in [6.07, 6.45) is 8.40. The second-order valence-electron chi connectivity index (χ2n) is 8.82. The third kappa shape index (κ3) is 4.88. The SMILES string of the molecule is COc1cc(CNCC[C@@]2(c3ccccn3)CCOC3(CCCC3)C2)cnc1C(F)F. The predicted octanol–water partition coefficient (Wildman–Crippen LogP) is 4.96. The maximum Gasteiger partial charge on any atom is 0.284 e. The Kier molecular flexibility index (Phi) is 6.82. The molecule has 0 bridgehead atoms. The minimum absolute atomic E-state index is 0.00182. The predicted molar refractivity (Wildman–Crippen MR) is 114 cm³/mol. The highest BCUT2D eigenvalue weighted by Gasteiger charge is 2.48. The number of hydrogen-bond acceptors (Lipinski definition) is 5. The zero-order chi connectivity index (χ0) is 21.7. The fraction of sp³-hybridized carbons (Fsp3) is 0.583. The summed E-state index contributed by atoms with van der Waals surface area (Å²) in [7, 11) is 1.39. The Balaban J connectivity index is 1.43. The molecule has 31 heavy (non-hydrogen) atoms. The first-order valence-electron chi connectivity index (χ1n) is 11.1. The lowest BCUT2D eigenvalue weighted by molar-refractivity contribution is -0.104. The number of methoxy groups -OCH3 is 1. The summed E-state index contributed by atoms with van der Waals surface area (Å²) in [6, 6.07) is 7.81. The van der Waals surface area contributed by atoms with Gasteiger partial charge in [0.2, 0.25) is 0 Å². The number of ether oxygens (including phenoxy) is 2. The average Bonchev–Trinajstić information content (AvgIpc) is 3.24. The van der Waals surface area contributed by atoms with Gasteiger partial charge in [0, 0.05) is 36.7 Å². The molecular weight excluding hydrogens is 400 g/mol. The number of rotatable bonds is 8. The summed E-state index contributed by atoms with van der Waals surface area (Å²) < 4.78 is 37.4. The average molecular weight is 432 g/mol. The van der Waals surface area contributed by atoms with Crippen LogP contribution in [0.15, 0.2) is 36.7 Å². The van der Waals surface area contributed by atoms with Crippen molar-refractivity contribution < 1.29 is 18.3 Å². The van der Waals surface area contributed by atoms with E-state index in [1.807, 2.05) is 12.3 Å². The third-order valence-corrected chi connectivity index (χ3v) is 6.85. The molecule has 2 aliphatic rings. The molecule has 1 aliphatic carbocycles. The highest BCUT2D eigenvalue weighted by Crippen LogP contribution is 2.49. The van der Waals surface area contributed by atoms with E-state index in [9.17, 15) is 8.78 Å². The number of alkyl halides is 2. The van der Waals surface area contributed by atoms with Crippen LogP contribution in [0, 0.1) is 0 Å². The first-order chi connectivity index (χ1) is 15.1. The lowest BCUT2D eigenvalue weighted by Crippen LogP contribution is -2.47. The van der Waals surface area contributed by atoms with Gasteiger partial charge in [0.15, 0.2) is 0 Å². The molecule has 0 amide bonds.